The molecule has 7 heteroatoms. The van der Waals surface area contributed by atoms with Crippen LogP contribution in [0.4, 0.5) is 0 Å². The fraction of sp³-hybridized carbons (Fsp3) is 0.250. The van der Waals surface area contributed by atoms with E-state index in [1.165, 1.54) is 17.3 Å². The average Bonchev–Trinajstić information content (AvgIpc) is 3.39. The zero-order valence-electron chi connectivity index (χ0n) is 17.4. The number of carbonyl (C=O) groups excluding carboxylic acids is 1. The number of esters is 1. The summed E-state index contributed by atoms with van der Waals surface area (Å²) in [6.07, 6.45) is 0.700. The Morgan fingerprint density at radius 3 is 2.68 bits per heavy atom. The molecule has 0 radical (unpaired) electrons. The van der Waals surface area contributed by atoms with Gasteiger partial charge in [-0.25, -0.2) is 4.98 Å². The molecule has 5 rings (SSSR count). The van der Waals surface area contributed by atoms with Crippen LogP contribution in [0, 0.1) is 6.92 Å². The molecule has 3 heterocycles. The maximum atomic E-state index is 11.9. The summed E-state index contributed by atoms with van der Waals surface area (Å²) in [5, 5.41) is 10.5. The van der Waals surface area contributed by atoms with E-state index >= 15 is 0 Å². The van der Waals surface area contributed by atoms with Crippen molar-refractivity contribution in [2.75, 3.05) is 6.61 Å². The Bertz CT molecular complexity index is 1270. The maximum Gasteiger partial charge on any atom is 0.319 e. The smallest absolute Gasteiger partial charge is 0.319 e. The number of para-hydroxylation sites is 1. The third-order valence-corrected chi connectivity index (χ3v) is 6.70. The molecule has 1 saturated heterocycles. The Morgan fingerprint density at radius 1 is 1.13 bits per heavy atom. The monoisotopic (exact) mass is 430 g/mol. The molecule has 1 atom stereocenters. The molecule has 0 unspecified atom stereocenters. The number of aromatic nitrogens is 4. The molecule has 0 N–H and O–H groups in total. The lowest BCUT2D eigenvalue weighted by molar-refractivity contribution is -0.137. The number of hydrogen-bond donors (Lipinski definition) is 0. The number of pyridine rings is 1. The molecule has 0 spiro atoms. The van der Waals surface area contributed by atoms with Gasteiger partial charge in [-0.1, -0.05) is 59.8 Å². The van der Waals surface area contributed by atoms with Crippen molar-refractivity contribution in [3.8, 4) is 22.6 Å². The number of nitrogens with zero attached hydrogens (tertiary/aromatic N) is 4. The summed E-state index contributed by atoms with van der Waals surface area (Å²) in [6, 6.07) is 18.5. The third kappa shape index (κ3) is 3.70. The van der Waals surface area contributed by atoms with Crippen molar-refractivity contribution in [2.45, 2.75) is 37.2 Å². The summed E-state index contributed by atoms with van der Waals surface area (Å²) in [4.78, 5) is 16.8. The highest BCUT2D eigenvalue weighted by Gasteiger charge is 2.30. The number of cyclic esters (lactones) is 1. The van der Waals surface area contributed by atoms with Crippen LogP contribution in [0.5, 0.6) is 0 Å². The van der Waals surface area contributed by atoms with Gasteiger partial charge in [-0.3, -0.25) is 4.79 Å². The van der Waals surface area contributed by atoms with Gasteiger partial charge in [-0.2, -0.15) is 0 Å². The van der Waals surface area contributed by atoms with E-state index in [1.54, 1.807) is 0 Å². The van der Waals surface area contributed by atoms with E-state index in [0.717, 1.165) is 38.7 Å². The topological polar surface area (TPSA) is 69.9 Å². The molecule has 1 aliphatic rings. The summed E-state index contributed by atoms with van der Waals surface area (Å²) in [6.45, 7) is 5.31. The highest BCUT2D eigenvalue weighted by molar-refractivity contribution is 8.00. The number of carbonyl (C=O) groups is 1. The van der Waals surface area contributed by atoms with Crippen LogP contribution in [0.15, 0.2) is 59.8 Å². The molecule has 0 amide bonds. The van der Waals surface area contributed by atoms with E-state index in [2.05, 4.69) is 65.0 Å². The summed E-state index contributed by atoms with van der Waals surface area (Å²) < 4.78 is 7.17. The summed E-state index contributed by atoms with van der Waals surface area (Å²) in [7, 11) is 0. The van der Waals surface area contributed by atoms with Crippen LogP contribution in [0.3, 0.4) is 0 Å². The molecule has 6 nitrogen and oxygen atoms in total. The largest absolute Gasteiger partial charge is 0.465 e. The van der Waals surface area contributed by atoms with Crippen molar-refractivity contribution >= 4 is 28.6 Å². The maximum absolute atomic E-state index is 11.9. The molecular weight excluding hydrogens is 408 g/mol. The second-order valence-corrected chi connectivity index (χ2v) is 8.72. The van der Waals surface area contributed by atoms with E-state index in [0.29, 0.717) is 19.6 Å². The fourth-order valence-electron chi connectivity index (χ4n) is 3.80. The quantitative estimate of drug-likeness (QED) is 0.420. The van der Waals surface area contributed by atoms with Gasteiger partial charge in [-0.15, -0.1) is 10.2 Å². The van der Waals surface area contributed by atoms with Crippen LogP contribution in [-0.2, 0) is 16.1 Å². The molecule has 156 valence electrons. The Balaban J connectivity index is 1.64. The molecule has 4 aromatic rings. The first-order valence-electron chi connectivity index (χ1n) is 10.4. The minimum absolute atomic E-state index is 0.173. The van der Waals surface area contributed by atoms with Gasteiger partial charge in [0.05, 0.1) is 17.8 Å². The lowest BCUT2D eigenvalue weighted by Gasteiger charge is -2.12. The number of thioether (sulfide) groups is 1. The Labute approximate surface area is 184 Å². The van der Waals surface area contributed by atoms with Gasteiger partial charge in [0.1, 0.15) is 5.25 Å². The van der Waals surface area contributed by atoms with Crippen molar-refractivity contribution in [1.29, 1.82) is 0 Å². The first-order valence-corrected chi connectivity index (χ1v) is 11.3. The lowest BCUT2D eigenvalue weighted by atomic mass is 10.0. The highest BCUT2D eigenvalue weighted by Crippen LogP contribution is 2.35. The van der Waals surface area contributed by atoms with Gasteiger partial charge in [0.25, 0.3) is 0 Å². The minimum atomic E-state index is -0.223. The SMILES string of the molecule is CCn1c(S[C@@H]2CCOC2=O)nnc1-c1cc(-c2ccc(C)cc2)nc2ccccc12. The highest BCUT2D eigenvalue weighted by atomic mass is 32.2. The fourth-order valence-corrected chi connectivity index (χ4v) is 4.87. The molecule has 31 heavy (non-hydrogen) atoms. The number of fused-ring (bicyclic) bond motifs is 1. The normalized spacial score (nSPS) is 16.1. The van der Waals surface area contributed by atoms with Gasteiger partial charge in [-0.05, 0) is 26.0 Å². The van der Waals surface area contributed by atoms with Crippen LogP contribution < -0.4 is 0 Å². The van der Waals surface area contributed by atoms with Crippen molar-refractivity contribution in [1.82, 2.24) is 19.7 Å². The van der Waals surface area contributed by atoms with Crippen LogP contribution >= 0.6 is 11.8 Å². The van der Waals surface area contributed by atoms with Gasteiger partial charge < -0.3 is 9.30 Å². The predicted molar refractivity (Wildman–Crippen MR) is 122 cm³/mol. The van der Waals surface area contributed by atoms with Gasteiger partial charge in [0.15, 0.2) is 11.0 Å². The van der Waals surface area contributed by atoms with Crippen LogP contribution in [0.2, 0.25) is 0 Å². The van der Waals surface area contributed by atoms with Gasteiger partial charge >= 0.3 is 5.97 Å². The standard InChI is InChI=1S/C24H22N4O2S/c1-3-28-22(26-27-24(28)31-21-12-13-30-23(21)29)18-14-20(16-10-8-15(2)9-11-16)25-19-7-5-4-6-17(18)19/h4-11,14,21H,3,12-13H2,1-2H3/t21-/m1/s1. The number of hydrogen-bond acceptors (Lipinski definition) is 6. The minimum Gasteiger partial charge on any atom is -0.465 e. The summed E-state index contributed by atoms with van der Waals surface area (Å²) in [5.74, 6) is 0.608. The molecule has 0 saturated carbocycles. The van der Waals surface area contributed by atoms with Crippen molar-refractivity contribution in [3.63, 3.8) is 0 Å². The second-order valence-electron chi connectivity index (χ2n) is 7.55. The van der Waals surface area contributed by atoms with Crippen LogP contribution in [-0.4, -0.2) is 37.6 Å². The Hall–Kier alpha value is -3.19. The molecular formula is C24H22N4O2S. The number of rotatable bonds is 5. The zero-order valence-corrected chi connectivity index (χ0v) is 18.2. The molecule has 2 aromatic heterocycles. The van der Waals surface area contributed by atoms with Crippen LogP contribution in [0.1, 0.15) is 18.9 Å². The Kier molecular flexibility index (Phi) is 5.19. The number of ether oxygens (including phenoxy) is 1. The molecule has 1 aliphatic heterocycles. The Morgan fingerprint density at radius 2 is 1.94 bits per heavy atom. The van der Waals surface area contributed by atoms with Crippen LogP contribution in [0.25, 0.3) is 33.5 Å². The van der Waals surface area contributed by atoms with Crippen molar-refractivity contribution < 1.29 is 9.53 Å². The number of benzene rings is 2. The first kappa shape index (κ1) is 19.8. The molecule has 1 fully saturated rings. The first-order chi connectivity index (χ1) is 15.1. The van der Waals surface area contributed by atoms with E-state index in [-0.39, 0.29) is 11.2 Å². The van der Waals surface area contributed by atoms with Crippen molar-refractivity contribution in [2.24, 2.45) is 0 Å². The molecule has 2 aromatic carbocycles. The number of aryl methyl sites for hydroxylation is 1. The second kappa shape index (κ2) is 8.15. The van der Waals surface area contributed by atoms with Crippen molar-refractivity contribution in [3.05, 3.63) is 60.2 Å². The van der Waals surface area contributed by atoms with E-state index in [9.17, 15) is 4.79 Å². The van der Waals surface area contributed by atoms with E-state index in [4.69, 9.17) is 9.72 Å². The average molecular weight is 431 g/mol. The zero-order chi connectivity index (χ0) is 21.4. The summed E-state index contributed by atoms with van der Waals surface area (Å²) in [5.41, 5.74) is 5.06. The predicted octanol–water partition coefficient (Wildman–Crippen LogP) is 4.90. The van der Waals surface area contributed by atoms with Gasteiger partial charge in [0, 0.05) is 29.5 Å². The van der Waals surface area contributed by atoms with E-state index < -0.39 is 0 Å². The van der Waals surface area contributed by atoms with E-state index in [1.807, 2.05) is 18.2 Å². The lowest BCUT2D eigenvalue weighted by Crippen LogP contribution is -2.11. The third-order valence-electron chi connectivity index (χ3n) is 5.47. The molecule has 0 aliphatic carbocycles. The summed E-state index contributed by atoms with van der Waals surface area (Å²) >= 11 is 1.43. The van der Waals surface area contributed by atoms with Gasteiger partial charge in [0.2, 0.25) is 0 Å². The molecule has 0 bridgehead atoms.